The standard InChI is InChI=1S/C42H64N6O9S/c1-41(2,3)34(26-46(5)58(6,55)56)44-39(53)45-36(42(4)18-10-7-11-19-42)38(52)48-25-31(57-40(54)47-20-17-28-15-8-9-16-29(28)24-47)23-32(48)33(49)22-30(35(50)37(43)51)21-27-13-12-14-27/h8-9,15-16,27,30-32,34,36H,7,10-14,17-26H2,1-6H3,(H2,43,51)(H2,44,45,53)/t30?,31-,32+,34-,36-/m1/s1. The zero-order valence-corrected chi connectivity index (χ0v) is 35.9. The van der Waals surface area contributed by atoms with E-state index in [0.29, 0.717) is 38.8 Å². The Kier molecular flexibility index (Phi) is 14.3. The number of ether oxygens (including phenoxy) is 1. The fourth-order valence-electron chi connectivity index (χ4n) is 8.90. The SMILES string of the molecule is CN(C[C@@H](NC(=O)N[C@H](C(=O)N1C[C@H](OC(=O)N2CCc3ccccc3C2)C[C@H]1C(=O)CC(CC1CCC1)C(=O)C(N)=O)C1(C)CCCCC1)C(C)(C)C)S(C)(=O)=O. The third kappa shape index (κ3) is 11.2. The van der Waals surface area contributed by atoms with E-state index in [4.69, 9.17) is 10.5 Å². The summed E-state index contributed by atoms with van der Waals surface area (Å²) in [5.41, 5.74) is 6.35. The van der Waals surface area contributed by atoms with Crippen molar-refractivity contribution >= 4 is 45.5 Å². The van der Waals surface area contributed by atoms with E-state index in [9.17, 15) is 32.4 Å². The average Bonchev–Trinajstić information content (AvgIpc) is 3.56. The zero-order chi connectivity index (χ0) is 42.6. The van der Waals surface area contributed by atoms with Crippen molar-refractivity contribution in [3.05, 3.63) is 35.4 Å². The largest absolute Gasteiger partial charge is 0.444 e. The molecule has 5 amide bonds. The summed E-state index contributed by atoms with van der Waals surface area (Å²) in [7, 11) is -2.12. The van der Waals surface area contributed by atoms with Crippen LogP contribution in [0, 0.1) is 22.7 Å². The monoisotopic (exact) mass is 828 g/mol. The van der Waals surface area contributed by atoms with E-state index in [1.54, 1.807) is 4.90 Å². The van der Waals surface area contributed by atoms with Crippen LogP contribution in [0.5, 0.6) is 0 Å². The van der Waals surface area contributed by atoms with Gasteiger partial charge in [-0.05, 0) is 53.6 Å². The van der Waals surface area contributed by atoms with Gasteiger partial charge in [-0.3, -0.25) is 19.2 Å². The number of Topliss-reactive ketones (excluding diaryl/α,β-unsaturated/α-hetero) is 2. The van der Waals surface area contributed by atoms with Crippen LogP contribution in [0.15, 0.2) is 24.3 Å². The maximum atomic E-state index is 15.1. The van der Waals surface area contributed by atoms with Crippen LogP contribution in [0.1, 0.15) is 109 Å². The molecule has 58 heavy (non-hydrogen) atoms. The number of nitrogens with two attached hydrogens (primary N) is 1. The molecule has 0 aromatic heterocycles. The third-order valence-electron chi connectivity index (χ3n) is 13.0. The van der Waals surface area contributed by atoms with E-state index >= 15 is 4.79 Å². The van der Waals surface area contributed by atoms with Crippen molar-refractivity contribution in [3.63, 3.8) is 0 Å². The number of benzene rings is 1. The molecule has 1 saturated heterocycles. The first kappa shape index (κ1) is 45.0. The maximum Gasteiger partial charge on any atom is 0.410 e. The lowest BCUT2D eigenvalue weighted by molar-refractivity contribution is -0.144. The van der Waals surface area contributed by atoms with Crippen molar-refractivity contribution < 1.29 is 41.9 Å². The molecule has 1 aromatic rings. The molecule has 2 aliphatic heterocycles. The first-order valence-corrected chi connectivity index (χ1v) is 22.7. The summed E-state index contributed by atoms with van der Waals surface area (Å²) < 4.78 is 31.8. The number of urea groups is 1. The van der Waals surface area contributed by atoms with Crippen molar-refractivity contribution in [3.8, 4) is 0 Å². The van der Waals surface area contributed by atoms with Gasteiger partial charge in [0.1, 0.15) is 12.1 Å². The number of nitrogens with zero attached hydrogens (tertiary/aromatic N) is 3. The van der Waals surface area contributed by atoms with Gasteiger partial charge in [-0.15, -0.1) is 0 Å². The van der Waals surface area contributed by atoms with Crippen molar-refractivity contribution in [2.45, 2.75) is 136 Å². The molecule has 2 heterocycles. The number of hydrogen-bond donors (Lipinski definition) is 3. The molecule has 2 saturated carbocycles. The maximum absolute atomic E-state index is 15.1. The minimum Gasteiger partial charge on any atom is -0.444 e. The van der Waals surface area contributed by atoms with Gasteiger partial charge in [0.05, 0.1) is 18.8 Å². The van der Waals surface area contributed by atoms with Crippen LogP contribution in [0.3, 0.4) is 0 Å². The van der Waals surface area contributed by atoms with Crippen LogP contribution < -0.4 is 16.4 Å². The first-order valence-electron chi connectivity index (χ1n) is 20.8. The first-order chi connectivity index (χ1) is 27.2. The van der Waals surface area contributed by atoms with Crippen molar-refractivity contribution in [1.29, 1.82) is 0 Å². The molecule has 5 atom stereocenters. The molecule has 1 unspecified atom stereocenters. The highest BCUT2D eigenvalue weighted by molar-refractivity contribution is 7.88. The molecule has 4 N–H and O–H groups in total. The predicted octanol–water partition coefficient (Wildman–Crippen LogP) is 3.92. The Morgan fingerprint density at radius 3 is 2.24 bits per heavy atom. The summed E-state index contributed by atoms with van der Waals surface area (Å²) in [5, 5.41) is 5.89. The van der Waals surface area contributed by atoms with Crippen LogP contribution in [-0.2, 0) is 46.9 Å². The van der Waals surface area contributed by atoms with Gasteiger partial charge in [0.2, 0.25) is 21.7 Å². The topological polar surface area (TPSA) is 206 Å². The number of primary amides is 1. The Labute approximate surface area is 343 Å². The van der Waals surface area contributed by atoms with Gasteiger partial charge in [-0.25, -0.2) is 22.3 Å². The smallest absolute Gasteiger partial charge is 0.410 e. The number of fused-ring (bicyclic) bond motifs is 1. The molecule has 4 aliphatic rings. The molecule has 15 nitrogen and oxygen atoms in total. The van der Waals surface area contributed by atoms with E-state index in [1.165, 1.54) is 16.3 Å². The molecular formula is C42H64N6O9S. The van der Waals surface area contributed by atoms with E-state index in [1.807, 2.05) is 52.0 Å². The molecule has 2 aliphatic carbocycles. The van der Waals surface area contributed by atoms with Crippen molar-refractivity contribution in [1.82, 2.24) is 24.7 Å². The second-order valence-electron chi connectivity index (χ2n) is 18.5. The number of nitrogens with one attached hydrogen (secondary N) is 2. The molecule has 0 spiro atoms. The Bertz CT molecular complexity index is 1820. The van der Waals surface area contributed by atoms with Gasteiger partial charge in [0, 0.05) is 51.5 Å². The zero-order valence-electron chi connectivity index (χ0n) is 35.1. The number of sulfonamides is 1. The van der Waals surface area contributed by atoms with Crippen LogP contribution in [0.25, 0.3) is 0 Å². The number of hydrogen-bond acceptors (Lipinski definition) is 9. The van der Waals surface area contributed by atoms with Crippen molar-refractivity contribution in [2.75, 3.05) is 32.9 Å². The summed E-state index contributed by atoms with van der Waals surface area (Å²) in [6.45, 7) is 8.28. The van der Waals surface area contributed by atoms with E-state index in [2.05, 4.69) is 10.6 Å². The Morgan fingerprint density at radius 1 is 1.00 bits per heavy atom. The minimum atomic E-state index is -3.56. The van der Waals surface area contributed by atoms with Gasteiger partial charge in [-0.2, -0.15) is 0 Å². The fraction of sp³-hybridized carbons (Fsp3) is 0.714. The Balaban J connectivity index is 1.42. The number of carbonyl (C=O) groups excluding carboxylic acids is 6. The normalized spacial score (nSPS) is 22.5. The van der Waals surface area contributed by atoms with Gasteiger partial charge < -0.3 is 30.9 Å². The number of likely N-dealkylation sites (tertiary alicyclic amines) is 1. The summed E-state index contributed by atoms with van der Waals surface area (Å²) in [6, 6.07) is 4.40. The highest BCUT2D eigenvalue weighted by Crippen LogP contribution is 2.41. The molecule has 3 fully saturated rings. The molecular weight excluding hydrogens is 765 g/mol. The summed E-state index contributed by atoms with van der Waals surface area (Å²) >= 11 is 0. The molecule has 16 heteroatoms. The third-order valence-corrected chi connectivity index (χ3v) is 14.3. The summed E-state index contributed by atoms with van der Waals surface area (Å²) in [5.74, 6) is -3.61. The molecule has 1 aromatic carbocycles. The molecule has 5 rings (SSSR count). The predicted molar refractivity (Wildman–Crippen MR) is 218 cm³/mol. The van der Waals surface area contributed by atoms with Crippen LogP contribution in [0.4, 0.5) is 9.59 Å². The number of likely N-dealkylation sites (N-methyl/N-ethyl adjacent to an activating group) is 1. The quantitative estimate of drug-likeness (QED) is 0.219. The highest BCUT2D eigenvalue weighted by atomic mass is 32.2. The van der Waals surface area contributed by atoms with Gasteiger partial charge in [0.25, 0.3) is 5.91 Å². The van der Waals surface area contributed by atoms with Gasteiger partial charge >= 0.3 is 12.1 Å². The van der Waals surface area contributed by atoms with Gasteiger partial charge in [0.15, 0.2) is 5.78 Å². The number of carbonyl (C=O) groups is 6. The Hall–Kier alpha value is -4.05. The van der Waals surface area contributed by atoms with Gasteiger partial charge in [-0.1, -0.05) is 90.5 Å². The van der Waals surface area contributed by atoms with E-state index in [-0.39, 0.29) is 31.8 Å². The average molecular weight is 829 g/mol. The number of amides is 5. The van der Waals surface area contributed by atoms with Crippen LogP contribution in [-0.4, -0.2) is 115 Å². The summed E-state index contributed by atoms with van der Waals surface area (Å²) in [4.78, 5) is 85.2. The van der Waals surface area contributed by atoms with Crippen LogP contribution >= 0.6 is 0 Å². The fourth-order valence-corrected chi connectivity index (χ4v) is 9.32. The second-order valence-corrected chi connectivity index (χ2v) is 20.6. The second kappa shape index (κ2) is 18.5. The lowest BCUT2D eigenvalue weighted by atomic mass is 9.70. The van der Waals surface area contributed by atoms with E-state index < -0.39 is 86.5 Å². The summed E-state index contributed by atoms with van der Waals surface area (Å²) in [6.07, 6.45) is 7.01. The molecule has 322 valence electrons. The lowest BCUT2D eigenvalue weighted by Crippen LogP contribution is -2.62. The van der Waals surface area contributed by atoms with E-state index in [0.717, 1.165) is 55.9 Å². The van der Waals surface area contributed by atoms with Crippen molar-refractivity contribution in [2.24, 2.45) is 28.4 Å². The van der Waals surface area contributed by atoms with Crippen LogP contribution in [0.2, 0.25) is 0 Å². The highest BCUT2D eigenvalue weighted by Gasteiger charge is 2.49. The lowest BCUT2D eigenvalue weighted by Gasteiger charge is -2.43. The Morgan fingerprint density at radius 2 is 1.66 bits per heavy atom. The minimum absolute atomic E-state index is 0.00394. The number of ketones is 2. The number of rotatable bonds is 15. The molecule has 0 radical (unpaired) electrons. The molecule has 0 bridgehead atoms.